The van der Waals surface area contributed by atoms with Crippen molar-refractivity contribution in [3.63, 3.8) is 0 Å². The van der Waals surface area contributed by atoms with Crippen LogP contribution in [0.4, 0.5) is 4.39 Å². The summed E-state index contributed by atoms with van der Waals surface area (Å²) in [6.45, 7) is 2.67. The Hall–Kier alpha value is -1.10. The zero-order valence-corrected chi connectivity index (χ0v) is 14.1. The second-order valence-electron chi connectivity index (χ2n) is 4.54. The van der Waals surface area contributed by atoms with Gasteiger partial charge in [-0.3, -0.25) is 0 Å². The molecule has 0 fully saturated rings. The zero-order valence-electron chi connectivity index (χ0n) is 11.8. The van der Waals surface area contributed by atoms with Crippen LogP contribution in [-0.4, -0.2) is 13.7 Å². The van der Waals surface area contributed by atoms with Crippen LogP contribution in [-0.2, 0) is 0 Å². The number of ether oxygens (including phenoxy) is 1. The monoisotopic (exact) mass is 371 g/mol. The second kappa shape index (κ2) is 7.25. The lowest BCUT2D eigenvalue weighted by Crippen LogP contribution is -2.23. The third-order valence-electron chi connectivity index (χ3n) is 3.20. The minimum atomic E-state index is -0.304. The Bertz CT molecular complexity index is 636. The van der Waals surface area contributed by atoms with E-state index in [0.717, 1.165) is 5.56 Å². The van der Waals surface area contributed by atoms with Crippen molar-refractivity contribution in [1.82, 2.24) is 5.32 Å². The Morgan fingerprint density at radius 2 is 1.95 bits per heavy atom. The minimum absolute atomic E-state index is 0.276. The third kappa shape index (κ3) is 3.76. The Morgan fingerprint density at radius 3 is 2.52 bits per heavy atom. The SMILES string of the molecule is CCNC(c1ccc(Br)cc1F)c1ccc(OC)cc1Cl. The molecule has 1 N–H and O–H groups in total. The molecule has 0 aromatic heterocycles. The molecule has 1 unspecified atom stereocenters. The van der Waals surface area contributed by atoms with Gasteiger partial charge in [-0.2, -0.15) is 0 Å². The predicted octanol–water partition coefficient (Wildman–Crippen LogP) is 4.95. The standard InChI is InChI=1S/C16H16BrClFNO/c1-3-20-16(13-6-4-10(17)8-15(13)19)12-7-5-11(21-2)9-14(12)18/h4-9,16,20H,3H2,1-2H3. The first-order valence-electron chi connectivity index (χ1n) is 6.58. The zero-order chi connectivity index (χ0) is 15.4. The maximum Gasteiger partial charge on any atom is 0.129 e. The van der Waals surface area contributed by atoms with Crippen LogP contribution >= 0.6 is 27.5 Å². The van der Waals surface area contributed by atoms with Gasteiger partial charge in [-0.15, -0.1) is 0 Å². The van der Waals surface area contributed by atoms with Gasteiger partial charge in [0.25, 0.3) is 0 Å². The van der Waals surface area contributed by atoms with Crippen LogP contribution in [0.25, 0.3) is 0 Å². The molecule has 2 aromatic carbocycles. The maximum absolute atomic E-state index is 14.2. The Labute approximate surface area is 137 Å². The van der Waals surface area contributed by atoms with Gasteiger partial charge in [-0.25, -0.2) is 4.39 Å². The van der Waals surface area contributed by atoms with Crippen molar-refractivity contribution in [2.24, 2.45) is 0 Å². The van der Waals surface area contributed by atoms with E-state index in [9.17, 15) is 4.39 Å². The Kier molecular flexibility index (Phi) is 5.62. The molecular weight excluding hydrogens is 357 g/mol. The number of hydrogen-bond acceptors (Lipinski definition) is 2. The molecule has 0 saturated carbocycles. The summed E-state index contributed by atoms with van der Waals surface area (Å²) in [6, 6.07) is 10.1. The quantitative estimate of drug-likeness (QED) is 0.802. The topological polar surface area (TPSA) is 21.3 Å². The van der Waals surface area contributed by atoms with Crippen molar-refractivity contribution in [3.05, 3.63) is 62.8 Å². The summed E-state index contributed by atoms with van der Waals surface area (Å²) in [7, 11) is 1.58. The first kappa shape index (κ1) is 16.3. The highest BCUT2D eigenvalue weighted by Gasteiger charge is 2.20. The van der Waals surface area contributed by atoms with Gasteiger partial charge >= 0.3 is 0 Å². The maximum atomic E-state index is 14.2. The number of benzene rings is 2. The number of hydrogen-bond donors (Lipinski definition) is 1. The van der Waals surface area contributed by atoms with Gasteiger partial charge in [0.1, 0.15) is 11.6 Å². The lowest BCUT2D eigenvalue weighted by Gasteiger charge is -2.21. The van der Waals surface area contributed by atoms with E-state index in [2.05, 4.69) is 21.2 Å². The molecule has 112 valence electrons. The van der Waals surface area contributed by atoms with Crippen LogP contribution in [0, 0.1) is 5.82 Å². The second-order valence-corrected chi connectivity index (χ2v) is 5.87. The molecule has 0 radical (unpaired) electrons. The number of rotatable bonds is 5. The normalized spacial score (nSPS) is 12.2. The molecule has 0 aliphatic carbocycles. The molecule has 0 aliphatic heterocycles. The fourth-order valence-electron chi connectivity index (χ4n) is 2.20. The van der Waals surface area contributed by atoms with Crippen molar-refractivity contribution in [1.29, 1.82) is 0 Å². The van der Waals surface area contributed by atoms with Crippen molar-refractivity contribution in [2.45, 2.75) is 13.0 Å². The predicted molar refractivity (Wildman–Crippen MR) is 87.6 cm³/mol. The summed E-state index contributed by atoms with van der Waals surface area (Å²) in [5.74, 6) is 0.400. The van der Waals surface area contributed by atoms with Crippen LogP contribution in [0.1, 0.15) is 24.1 Å². The Morgan fingerprint density at radius 1 is 1.24 bits per heavy atom. The molecule has 0 amide bonds. The molecule has 0 spiro atoms. The fraction of sp³-hybridized carbons (Fsp3) is 0.250. The molecule has 0 saturated heterocycles. The van der Waals surface area contributed by atoms with Gasteiger partial charge in [0, 0.05) is 15.1 Å². The van der Waals surface area contributed by atoms with E-state index in [1.807, 2.05) is 25.1 Å². The lowest BCUT2D eigenvalue weighted by atomic mass is 9.98. The van der Waals surface area contributed by atoms with Gasteiger partial charge in [0.05, 0.1) is 13.2 Å². The summed E-state index contributed by atoms with van der Waals surface area (Å²) in [5.41, 5.74) is 1.38. The van der Waals surface area contributed by atoms with Crippen LogP contribution in [0.2, 0.25) is 5.02 Å². The molecule has 21 heavy (non-hydrogen) atoms. The molecule has 0 aliphatic rings. The summed E-state index contributed by atoms with van der Waals surface area (Å²) >= 11 is 9.59. The van der Waals surface area contributed by atoms with E-state index in [1.165, 1.54) is 6.07 Å². The average molecular weight is 373 g/mol. The van der Waals surface area contributed by atoms with E-state index >= 15 is 0 Å². The van der Waals surface area contributed by atoms with Crippen molar-refractivity contribution in [2.75, 3.05) is 13.7 Å². The smallest absolute Gasteiger partial charge is 0.129 e. The summed E-state index contributed by atoms with van der Waals surface area (Å²) < 4.78 is 20.1. The highest BCUT2D eigenvalue weighted by molar-refractivity contribution is 9.10. The highest BCUT2D eigenvalue weighted by atomic mass is 79.9. The molecule has 0 heterocycles. The van der Waals surface area contributed by atoms with Crippen molar-refractivity contribution in [3.8, 4) is 5.75 Å². The van der Waals surface area contributed by atoms with E-state index in [-0.39, 0.29) is 11.9 Å². The lowest BCUT2D eigenvalue weighted by molar-refractivity contribution is 0.414. The molecule has 1 atom stereocenters. The van der Waals surface area contributed by atoms with E-state index < -0.39 is 0 Å². The van der Waals surface area contributed by atoms with Gasteiger partial charge in [0.15, 0.2) is 0 Å². The van der Waals surface area contributed by atoms with Crippen LogP contribution in [0.15, 0.2) is 40.9 Å². The first-order chi connectivity index (χ1) is 10.1. The largest absolute Gasteiger partial charge is 0.497 e. The van der Waals surface area contributed by atoms with Gasteiger partial charge in [-0.1, -0.05) is 46.6 Å². The fourth-order valence-corrected chi connectivity index (χ4v) is 2.81. The van der Waals surface area contributed by atoms with Crippen LogP contribution in [0.3, 0.4) is 0 Å². The van der Waals surface area contributed by atoms with Crippen LogP contribution in [0.5, 0.6) is 5.75 Å². The van der Waals surface area contributed by atoms with Crippen molar-refractivity contribution < 1.29 is 9.13 Å². The molecule has 2 rings (SSSR count). The van der Waals surface area contributed by atoms with Gasteiger partial charge < -0.3 is 10.1 Å². The van der Waals surface area contributed by atoms with Gasteiger partial charge in [-0.05, 0) is 36.4 Å². The van der Waals surface area contributed by atoms with Crippen LogP contribution < -0.4 is 10.1 Å². The molecule has 0 bridgehead atoms. The minimum Gasteiger partial charge on any atom is -0.497 e. The number of halogens is 3. The third-order valence-corrected chi connectivity index (χ3v) is 4.02. The van der Waals surface area contributed by atoms with Gasteiger partial charge in [0.2, 0.25) is 0 Å². The van der Waals surface area contributed by atoms with E-state index in [1.54, 1.807) is 19.2 Å². The first-order valence-corrected chi connectivity index (χ1v) is 7.75. The molecular formula is C16H16BrClFNO. The van der Waals surface area contributed by atoms with E-state index in [4.69, 9.17) is 16.3 Å². The molecule has 2 aromatic rings. The summed E-state index contributed by atoms with van der Waals surface area (Å²) in [4.78, 5) is 0. The average Bonchev–Trinajstić information content (AvgIpc) is 2.46. The number of nitrogens with one attached hydrogen (secondary N) is 1. The Balaban J connectivity index is 2.48. The van der Waals surface area contributed by atoms with E-state index in [0.29, 0.717) is 27.4 Å². The van der Waals surface area contributed by atoms with Crippen molar-refractivity contribution >= 4 is 27.5 Å². The highest BCUT2D eigenvalue weighted by Crippen LogP contribution is 2.33. The summed E-state index contributed by atoms with van der Waals surface area (Å²) in [5, 5.41) is 3.82. The molecule has 5 heteroatoms. The molecule has 2 nitrogen and oxygen atoms in total. The number of methoxy groups -OCH3 is 1. The summed E-state index contributed by atoms with van der Waals surface area (Å²) in [6.07, 6.45) is 0.